The molecule has 8 nitrogen and oxygen atoms in total. The summed E-state index contributed by atoms with van der Waals surface area (Å²) in [5.41, 5.74) is -0.245. The van der Waals surface area contributed by atoms with Crippen LogP contribution in [0.25, 0.3) is 0 Å². The van der Waals surface area contributed by atoms with Crippen molar-refractivity contribution in [2.45, 2.75) is 128 Å². The van der Waals surface area contributed by atoms with Crippen molar-refractivity contribution in [2.24, 2.45) is 23.7 Å². The lowest BCUT2D eigenvalue weighted by molar-refractivity contribution is -0.145. The van der Waals surface area contributed by atoms with Crippen molar-refractivity contribution >= 4 is 12.0 Å². The first-order chi connectivity index (χ1) is 19.6. The molecule has 5 rings (SSSR count). The number of amides is 2. The zero-order chi connectivity index (χ0) is 29.2. The van der Waals surface area contributed by atoms with Gasteiger partial charge >= 0.3 is 6.09 Å². The Morgan fingerprint density at radius 1 is 1.02 bits per heavy atom. The maximum Gasteiger partial charge on any atom is 0.410 e. The molecule has 0 aromatic carbocycles. The standard InChI is InChI=1S/C33H58N4O4/c1-5-6-7-27-23-36(22-26-8-10-28(38)11-9-26)31(40)41-33(27)15-20-37(21-16-33)32(4)13-18-35(19-14-32)30(39)29-24(2)12-17-34-25(29)3/h24-29,34,38H,5-23H2,1-4H3/t24?,25?,26-,27?,28+,29?. The molecular formula is C33H58N4O4. The second kappa shape index (κ2) is 13.1. The number of nitrogens with one attached hydrogen (secondary N) is 1. The van der Waals surface area contributed by atoms with Crippen molar-refractivity contribution in [3.05, 3.63) is 0 Å². The lowest BCUT2D eigenvalue weighted by atomic mass is 9.73. The summed E-state index contributed by atoms with van der Waals surface area (Å²) in [6, 6.07) is 0.253. The highest BCUT2D eigenvalue weighted by atomic mass is 16.6. The van der Waals surface area contributed by atoms with Crippen LogP contribution in [-0.4, -0.2) is 101 Å². The van der Waals surface area contributed by atoms with Crippen LogP contribution in [-0.2, 0) is 9.53 Å². The van der Waals surface area contributed by atoms with Crippen LogP contribution in [0.15, 0.2) is 0 Å². The van der Waals surface area contributed by atoms with E-state index in [1.165, 1.54) is 6.42 Å². The quantitative estimate of drug-likeness (QED) is 0.461. The molecule has 4 saturated heterocycles. The molecule has 0 bridgehead atoms. The molecule has 0 aromatic rings. The van der Waals surface area contributed by atoms with Gasteiger partial charge in [-0.1, -0.05) is 26.7 Å². The minimum atomic E-state index is -0.338. The molecule has 0 radical (unpaired) electrons. The predicted molar refractivity (Wildman–Crippen MR) is 162 cm³/mol. The molecular weight excluding hydrogens is 516 g/mol. The van der Waals surface area contributed by atoms with E-state index in [1.807, 2.05) is 4.90 Å². The van der Waals surface area contributed by atoms with Gasteiger partial charge in [0.25, 0.3) is 0 Å². The number of piperidine rings is 3. The van der Waals surface area contributed by atoms with E-state index in [1.54, 1.807) is 0 Å². The summed E-state index contributed by atoms with van der Waals surface area (Å²) in [6.07, 6.45) is 11.8. The Morgan fingerprint density at radius 3 is 2.34 bits per heavy atom. The van der Waals surface area contributed by atoms with Crippen LogP contribution < -0.4 is 5.32 Å². The van der Waals surface area contributed by atoms with Crippen LogP contribution in [0.4, 0.5) is 4.79 Å². The number of hydrogen-bond donors (Lipinski definition) is 2. The smallest absolute Gasteiger partial charge is 0.410 e. The Morgan fingerprint density at radius 2 is 1.71 bits per heavy atom. The topological polar surface area (TPSA) is 85.3 Å². The Balaban J connectivity index is 1.17. The Bertz CT molecular complexity index is 880. The first-order valence-electron chi connectivity index (χ1n) is 17.1. The molecule has 1 spiro atoms. The minimum Gasteiger partial charge on any atom is -0.442 e. The van der Waals surface area contributed by atoms with Gasteiger partial charge in [-0.25, -0.2) is 4.79 Å². The van der Waals surface area contributed by atoms with Gasteiger partial charge in [-0.05, 0) is 83.6 Å². The zero-order valence-corrected chi connectivity index (χ0v) is 26.4. The number of ether oxygens (including phenoxy) is 1. The van der Waals surface area contributed by atoms with Gasteiger partial charge in [-0.3, -0.25) is 9.69 Å². The van der Waals surface area contributed by atoms with Crippen LogP contribution in [0.1, 0.15) is 105 Å². The Labute approximate surface area is 248 Å². The van der Waals surface area contributed by atoms with Gasteiger partial charge < -0.3 is 25.0 Å². The SMILES string of the molecule is CCCCC1CN(C[C@H]2CC[C@@H](O)CC2)C(=O)OC12CCN(C1(C)CCN(C(=O)C3C(C)CCNC3C)CC1)CC2. The molecule has 4 heterocycles. The highest BCUT2D eigenvalue weighted by Gasteiger charge is 2.52. The lowest BCUT2D eigenvalue weighted by Crippen LogP contribution is -2.64. The maximum atomic E-state index is 13.5. The number of nitrogens with zero attached hydrogens (tertiary/aromatic N) is 3. The normalized spacial score (nSPS) is 36.3. The van der Waals surface area contributed by atoms with Crippen LogP contribution in [0.5, 0.6) is 0 Å². The molecule has 4 unspecified atom stereocenters. The second-order valence-corrected chi connectivity index (χ2v) is 14.7. The van der Waals surface area contributed by atoms with Crippen molar-refractivity contribution in [3.8, 4) is 0 Å². The average Bonchev–Trinajstić information content (AvgIpc) is 2.95. The van der Waals surface area contributed by atoms with E-state index >= 15 is 0 Å². The molecule has 2 amide bonds. The number of likely N-dealkylation sites (tertiary alicyclic amines) is 2. The van der Waals surface area contributed by atoms with Crippen molar-refractivity contribution < 1.29 is 19.4 Å². The monoisotopic (exact) mass is 574 g/mol. The third-order valence-corrected chi connectivity index (χ3v) is 12.0. The van der Waals surface area contributed by atoms with Gasteiger partial charge in [0.2, 0.25) is 5.91 Å². The Kier molecular flexibility index (Phi) is 9.92. The number of aliphatic hydroxyl groups is 1. The van der Waals surface area contributed by atoms with Gasteiger partial charge in [0, 0.05) is 69.6 Å². The highest BCUT2D eigenvalue weighted by Crippen LogP contribution is 2.44. The highest BCUT2D eigenvalue weighted by molar-refractivity contribution is 5.80. The first-order valence-corrected chi connectivity index (χ1v) is 17.1. The molecule has 0 aromatic heterocycles. The van der Waals surface area contributed by atoms with Crippen LogP contribution >= 0.6 is 0 Å². The summed E-state index contributed by atoms with van der Waals surface area (Å²) >= 11 is 0. The van der Waals surface area contributed by atoms with Gasteiger partial charge in [0.15, 0.2) is 0 Å². The minimum absolute atomic E-state index is 0.0910. The fraction of sp³-hybridized carbons (Fsp3) is 0.939. The van der Waals surface area contributed by atoms with E-state index in [4.69, 9.17) is 4.74 Å². The number of rotatable bonds is 7. The Hall–Kier alpha value is -1.38. The fourth-order valence-corrected chi connectivity index (χ4v) is 8.89. The van der Waals surface area contributed by atoms with Crippen LogP contribution in [0.3, 0.4) is 0 Å². The fourth-order valence-electron chi connectivity index (χ4n) is 8.89. The summed E-state index contributed by atoms with van der Waals surface area (Å²) in [5, 5.41) is 13.4. The van der Waals surface area contributed by atoms with E-state index in [0.29, 0.717) is 23.7 Å². The first kappa shape index (κ1) is 31.1. The zero-order valence-electron chi connectivity index (χ0n) is 26.4. The molecule has 1 saturated carbocycles. The van der Waals surface area contributed by atoms with Crippen molar-refractivity contribution in [1.82, 2.24) is 20.0 Å². The largest absolute Gasteiger partial charge is 0.442 e. The molecule has 8 heteroatoms. The summed E-state index contributed by atoms with van der Waals surface area (Å²) < 4.78 is 6.46. The summed E-state index contributed by atoms with van der Waals surface area (Å²) in [6.45, 7) is 15.3. The average molecular weight is 575 g/mol. The van der Waals surface area contributed by atoms with E-state index in [0.717, 1.165) is 116 Å². The molecule has 2 N–H and O–H groups in total. The van der Waals surface area contributed by atoms with Crippen molar-refractivity contribution in [1.29, 1.82) is 0 Å². The third kappa shape index (κ3) is 6.75. The van der Waals surface area contributed by atoms with Gasteiger partial charge in [0.05, 0.1) is 12.0 Å². The van der Waals surface area contributed by atoms with Crippen LogP contribution in [0.2, 0.25) is 0 Å². The summed E-state index contributed by atoms with van der Waals surface area (Å²) in [7, 11) is 0. The van der Waals surface area contributed by atoms with E-state index in [2.05, 4.69) is 42.8 Å². The van der Waals surface area contributed by atoms with Gasteiger partial charge in [-0.2, -0.15) is 0 Å². The van der Waals surface area contributed by atoms with E-state index in [-0.39, 0.29) is 35.3 Å². The van der Waals surface area contributed by atoms with Gasteiger partial charge in [-0.15, -0.1) is 0 Å². The van der Waals surface area contributed by atoms with Gasteiger partial charge in [0.1, 0.15) is 5.60 Å². The molecule has 234 valence electrons. The van der Waals surface area contributed by atoms with Crippen LogP contribution in [0, 0.1) is 23.7 Å². The number of carbonyl (C=O) groups is 2. The summed E-state index contributed by atoms with van der Waals surface area (Å²) in [5.74, 6) is 1.74. The third-order valence-electron chi connectivity index (χ3n) is 12.0. The molecule has 41 heavy (non-hydrogen) atoms. The number of hydrogen-bond acceptors (Lipinski definition) is 6. The maximum absolute atomic E-state index is 13.5. The van der Waals surface area contributed by atoms with E-state index in [9.17, 15) is 14.7 Å². The van der Waals surface area contributed by atoms with Crippen molar-refractivity contribution in [3.63, 3.8) is 0 Å². The summed E-state index contributed by atoms with van der Waals surface area (Å²) in [4.78, 5) is 33.6. The lowest BCUT2D eigenvalue weighted by Gasteiger charge is -2.55. The number of unbranched alkanes of at least 4 members (excludes halogenated alkanes) is 1. The second-order valence-electron chi connectivity index (χ2n) is 14.7. The number of carbonyl (C=O) groups excluding carboxylic acids is 2. The molecule has 5 fully saturated rings. The number of aliphatic hydroxyl groups excluding tert-OH is 1. The molecule has 5 aliphatic rings. The molecule has 4 aliphatic heterocycles. The van der Waals surface area contributed by atoms with Crippen molar-refractivity contribution in [2.75, 3.05) is 45.8 Å². The molecule has 1 aliphatic carbocycles. The van der Waals surface area contributed by atoms with E-state index < -0.39 is 0 Å². The predicted octanol–water partition coefficient (Wildman–Crippen LogP) is 4.65. The molecule has 4 atom stereocenters.